The van der Waals surface area contributed by atoms with E-state index in [9.17, 15) is 5.26 Å². The number of hydrogen-bond donors (Lipinski definition) is 2. The monoisotopic (exact) mass is 420 g/mol. The lowest BCUT2D eigenvalue weighted by Gasteiger charge is -2.08. The number of halogens is 1. The van der Waals surface area contributed by atoms with Gasteiger partial charge < -0.3 is 11.1 Å². The number of benzene rings is 2. The molecule has 0 aliphatic rings. The van der Waals surface area contributed by atoms with Crippen LogP contribution >= 0.6 is 15.9 Å². The van der Waals surface area contributed by atoms with E-state index in [-0.39, 0.29) is 0 Å². The molecule has 1 aromatic heterocycles. The average molecular weight is 421 g/mol. The molecule has 0 unspecified atom stereocenters. The first-order valence-corrected chi connectivity index (χ1v) is 9.19. The predicted molar refractivity (Wildman–Crippen MR) is 108 cm³/mol. The highest BCUT2D eigenvalue weighted by Crippen LogP contribution is 2.24. The van der Waals surface area contributed by atoms with E-state index in [1.54, 1.807) is 16.8 Å². The Morgan fingerprint density at radius 2 is 1.89 bits per heavy atom. The Hall–Kier alpha value is -3.29. The molecule has 0 aliphatic carbocycles. The van der Waals surface area contributed by atoms with Crippen molar-refractivity contribution in [1.29, 1.82) is 10.5 Å². The van der Waals surface area contributed by atoms with Crippen molar-refractivity contribution in [2.75, 3.05) is 17.6 Å². The maximum absolute atomic E-state index is 9.45. The van der Waals surface area contributed by atoms with Crippen molar-refractivity contribution in [3.05, 3.63) is 69.8 Å². The molecule has 27 heavy (non-hydrogen) atoms. The number of aromatic nitrogens is 2. The number of nitrogen functional groups attached to an aromatic ring is 1. The third-order valence-corrected chi connectivity index (χ3v) is 4.77. The van der Waals surface area contributed by atoms with Crippen LogP contribution in [0, 0.1) is 22.7 Å². The molecule has 3 rings (SSSR count). The summed E-state index contributed by atoms with van der Waals surface area (Å²) in [6, 6.07) is 19.2. The average Bonchev–Trinajstić information content (AvgIpc) is 3.02. The Bertz CT molecular complexity index is 1030. The summed E-state index contributed by atoms with van der Waals surface area (Å²) in [6.45, 7) is 0.702. The van der Waals surface area contributed by atoms with Crippen molar-refractivity contribution >= 4 is 27.4 Å². The highest BCUT2D eigenvalue weighted by Gasteiger charge is 2.16. The van der Waals surface area contributed by atoms with Gasteiger partial charge in [-0.25, -0.2) is 4.68 Å². The standard InChI is InChI=1S/C20H17BrN6/c21-17-11-14(12-22)8-9-19(17)25-10-4-7-18-16(13-23)20(24)27(26-18)15-5-2-1-3-6-15/h1-3,5-6,8-9,11,25H,4,7,10,24H2. The Labute approximate surface area is 166 Å². The SMILES string of the molecule is N#Cc1ccc(NCCCc2nn(-c3ccccc3)c(N)c2C#N)c(Br)c1. The van der Waals surface area contributed by atoms with Crippen LogP contribution in [-0.4, -0.2) is 16.3 Å². The molecule has 0 amide bonds. The summed E-state index contributed by atoms with van der Waals surface area (Å²) >= 11 is 3.46. The zero-order valence-corrected chi connectivity index (χ0v) is 16.1. The first-order valence-electron chi connectivity index (χ1n) is 8.40. The van der Waals surface area contributed by atoms with Gasteiger partial charge in [-0.05, 0) is 59.1 Å². The third kappa shape index (κ3) is 4.11. The summed E-state index contributed by atoms with van der Waals surface area (Å²) in [4.78, 5) is 0. The Morgan fingerprint density at radius 3 is 2.56 bits per heavy atom. The van der Waals surface area contributed by atoms with Crippen LogP contribution in [0.15, 0.2) is 53.0 Å². The number of rotatable bonds is 6. The number of nitrogens with one attached hydrogen (secondary N) is 1. The Balaban J connectivity index is 1.67. The van der Waals surface area contributed by atoms with E-state index in [4.69, 9.17) is 11.0 Å². The predicted octanol–water partition coefficient (Wildman–Crippen LogP) is 4.01. The van der Waals surface area contributed by atoms with Crippen LogP contribution in [0.5, 0.6) is 0 Å². The van der Waals surface area contributed by atoms with Crippen molar-refractivity contribution in [1.82, 2.24) is 9.78 Å². The molecule has 0 fully saturated rings. The summed E-state index contributed by atoms with van der Waals surface area (Å²) in [5.74, 6) is 0.362. The quantitative estimate of drug-likeness (QED) is 0.586. The fourth-order valence-corrected chi connectivity index (χ4v) is 3.27. The number of hydrogen-bond acceptors (Lipinski definition) is 5. The number of aryl methyl sites for hydroxylation is 1. The molecule has 7 heteroatoms. The number of anilines is 2. The highest BCUT2D eigenvalue weighted by atomic mass is 79.9. The second-order valence-corrected chi connectivity index (χ2v) is 6.76. The summed E-state index contributed by atoms with van der Waals surface area (Å²) < 4.78 is 2.45. The lowest BCUT2D eigenvalue weighted by Crippen LogP contribution is -2.05. The van der Waals surface area contributed by atoms with Gasteiger partial charge in [-0.2, -0.15) is 15.6 Å². The van der Waals surface area contributed by atoms with Crippen molar-refractivity contribution in [3.8, 4) is 17.8 Å². The maximum Gasteiger partial charge on any atom is 0.145 e. The second kappa shape index (κ2) is 8.39. The summed E-state index contributed by atoms with van der Waals surface area (Å²) in [5, 5.41) is 26.2. The lowest BCUT2D eigenvalue weighted by molar-refractivity contribution is 0.790. The normalized spacial score (nSPS) is 10.2. The van der Waals surface area contributed by atoms with E-state index < -0.39 is 0 Å². The van der Waals surface area contributed by atoms with Crippen molar-refractivity contribution in [3.63, 3.8) is 0 Å². The van der Waals surface area contributed by atoms with Gasteiger partial charge in [-0.15, -0.1) is 0 Å². The molecule has 0 spiro atoms. The van der Waals surface area contributed by atoms with Crippen LogP contribution in [0.3, 0.4) is 0 Å². The first kappa shape index (κ1) is 18.5. The zero-order valence-electron chi connectivity index (χ0n) is 14.5. The van der Waals surface area contributed by atoms with Gasteiger partial charge in [0.15, 0.2) is 0 Å². The Morgan fingerprint density at radius 1 is 1.11 bits per heavy atom. The third-order valence-electron chi connectivity index (χ3n) is 4.11. The van der Waals surface area contributed by atoms with Gasteiger partial charge in [0.2, 0.25) is 0 Å². The van der Waals surface area contributed by atoms with Gasteiger partial charge in [0.1, 0.15) is 17.5 Å². The first-order chi connectivity index (χ1) is 13.1. The molecular formula is C20H17BrN6. The molecule has 0 bridgehead atoms. The number of nitrogens with two attached hydrogens (primary N) is 1. The van der Waals surface area contributed by atoms with Gasteiger partial charge in [0, 0.05) is 16.7 Å². The molecule has 0 atom stereocenters. The van der Waals surface area contributed by atoms with Crippen LogP contribution in [-0.2, 0) is 6.42 Å². The van der Waals surface area contributed by atoms with E-state index >= 15 is 0 Å². The van der Waals surface area contributed by atoms with Crippen molar-refractivity contribution < 1.29 is 0 Å². The van der Waals surface area contributed by atoms with Crippen LogP contribution in [0.2, 0.25) is 0 Å². The molecule has 134 valence electrons. The summed E-state index contributed by atoms with van der Waals surface area (Å²) in [5.41, 5.74) is 9.60. The van der Waals surface area contributed by atoms with Crippen LogP contribution in [0.4, 0.5) is 11.5 Å². The minimum Gasteiger partial charge on any atom is -0.384 e. The molecule has 3 aromatic rings. The van der Waals surface area contributed by atoms with E-state index in [2.05, 4.69) is 38.5 Å². The number of nitrogens with zero attached hydrogens (tertiary/aromatic N) is 4. The van der Waals surface area contributed by atoms with Gasteiger partial charge in [-0.3, -0.25) is 0 Å². The molecule has 3 N–H and O–H groups in total. The summed E-state index contributed by atoms with van der Waals surface area (Å²) in [6.07, 6.45) is 1.42. The van der Waals surface area contributed by atoms with E-state index in [0.29, 0.717) is 35.6 Å². The topological polar surface area (TPSA) is 103 Å². The molecular weight excluding hydrogens is 404 g/mol. The zero-order chi connectivity index (χ0) is 19.2. The fraction of sp³-hybridized carbons (Fsp3) is 0.150. The molecule has 2 aromatic carbocycles. The van der Waals surface area contributed by atoms with Crippen LogP contribution in [0.25, 0.3) is 5.69 Å². The van der Waals surface area contributed by atoms with E-state index in [1.165, 1.54) is 0 Å². The van der Waals surface area contributed by atoms with Gasteiger partial charge >= 0.3 is 0 Å². The van der Waals surface area contributed by atoms with Gasteiger partial charge in [0.25, 0.3) is 0 Å². The van der Waals surface area contributed by atoms with Gasteiger partial charge in [0.05, 0.1) is 23.0 Å². The number of para-hydroxylation sites is 1. The minimum absolute atomic E-state index is 0.362. The second-order valence-electron chi connectivity index (χ2n) is 5.90. The molecule has 0 aliphatic heterocycles. The van der Waals surface area contributed by atoms with E-state index in [0.717, 1.165) is 22.3 Å². The van der Waals surface area contributed by atoms with Crippen molar-refractivity contribution in [2.45, 2.75) is 12.8 Å². The summed E-state index contributed by atoms with van der Waals surface area (Å²) in [7, 11) is 0. The molecule has 1 heterocycles. The Kier molecular flexibility index (Phi) is 5.75. The minimum atomic E-state index is 0.362. The fourth-order valence-electron chi connectivity index (χ4n) is 2.75. The van der Waals surface area contributed by atoms with Crippen LogP contribution in [0.1, 0.15) is 23.2 Å². The molecule has 6 nitrogen and oxygen atoms in total. The number of nitriles is 2. The smallest absolute Gasteiger partial charge is 0.145 e. The molecule has 0 saturated carbocycles. The highest BCUT2D eigenvalue weighted by molar-refractivity contribution is 9.10. The largest absolute Gasteiger partial charge is 0.384 e. The molecule has 0 saturated heterocycles. The van der Waals surface area contributed by atoms with Crippen molar-refractivity contribution in [2.24, 2.45) is 0 Å². The van der Waals surface area contributed by atoms with E-state index in [1.807, 2.05) is 36.4 Å². The lowest BCUT2D eigenvalue weighted by atomic mass is 10.1. The molecule has 0 radical (unpaired) electrons. The van der Waals surface area contributed by atoms with Crippen LogP contribution < -0.4 is 11.1 Å². The maximum atomic E-state index is 9.45. The van der Waals surface area contributed by atoms with Gasteiger partial charge in [-0.1, -0.05) is 18.2 Å².